The minimum Gasteiger partial charge on any atom is -0.444 e. The third-order valence-corrected chi connectivity index (χ3v) is 9.92. The second kappa shape index (κ2) is 24.7. The van der Waals surface area contributed by atoms with E-state index in [9.17, 15) is 19.2 Å². The van der Waals surface area contributed by atoms with Crippen LogP contribution in [0.3, 0.4) is 0 Å². The molecule has 0 saturated carbocycles. The summed E-state index contributed by atoms with van der Waals surface area (Å²) in [6, 6.07) is -0.990. The van der Waals surface area contributed by atoms with Crippen LogP contribution in [0.5, 0.6) is 0 Å². The number of Topliss-reactive ketones (excluding diaryl/α,β-unsaturated/α-hetero) is 2. The summed E-state index contributed by atoms with van der Waals surface area (Å²) in [5.74, 6) is 4.02. The van der Waals surface area contributed by atoms with Gasteiger partial charge in [-0.2, -0.15) is 23.5 Å². The molecule has 0 aliphatic rings. The Balaban J connectivity index is 3.92. The third kappa shape index (κ3) is 23.8. The number of hydrogen-bond donors (Lipinski definition) is 2. The number of rotatable bonds is 25. The number of ketones is 2. The van der Waals surface area contributed by atoms with Crippen molar-refractivity contribution in [2.45, 2.75) is 170 Å². The molecule has 0 bridgehead atoms. The highest BCUT2D eigenvalue weighted by Gasteiger charge is 2.29. The molecule has 270 valence electrons. The van der Waals surface area contributed by atoms with Crippen LogP contribution in [0.25, 0.3) is 0 Å². The molecule has 0 fully saturated rings. The van der Waals surface area contributed by atoms with Gasteiger partial charge in [0.05, 0.1) is 12.1 Å². The van der Waals surface area contributed by atoms with Gasteiger partial charge in [-0.15, -0.1) is 0 Å². The number of nitrogens with one attached hydrogen (secondary N) is 2. The van der Waals surface area contributed by atoms with E-state index < -0.39 is 35.5 Å². The van der Waals surface area contributed by atoms with Crippen molar-refractivity contribution in [3.05, 3.63) is 0 Å². The zero-order valence-electron chi connectivity index (χ0n) is 30.9. The van der Waals surface area contributed by atoms with Gasteiger partial charge in [-0.1, -0.05) is 79.1 Å². The van der Waals surface area contributed by atoms with Gasteiger partial charge < -0.3 is 20.1 Å². The fourth-order valence-corrected chi connectivity index (χ4v) is 6.67. The first-order valence-electron chi connectivity index (χ1n) is 17.7. The number of carbonyl (C=O) groups excluding carboxylic acids is 4. The molecule has 0 spiro atoms. The van der Waals surface area contributed by atoms with Gasteiger partial charge in [-0.25, -0.2) is 9.59 Å². The van der Waals surface area contributed by atoms with Crippen LogP contribution in [-0.4, -0.2) is 70.1 Å². The highest BCUT2D eigenvalue weighted by molar-refractivity contribution is 7.99. The molecular formula is C36H68N2O6S2. The number of ether oxygens (including phenoxy) is 2. The van der Waals surface area contributed by atoms with Gasteiger partial charge >= 0.3 is 12.2 Å². The largest absolute Gasteiger partial charge is 0.444 e. The zero-order valence-corrected chi connectivity index (χ0v) is 32.5. The highest BCUT2D eigenvalue weighted by Crippen LogP contribution is 2.18. The molecule has 2 N–H and O–H groups in total. The quantitative estimate of drug-likeness (QED) is 0.0913. The smallest absolute Gasteiger partial charge is 0.408 e. The molecule has 4 atom stereocenters. The Hall–Kier alpha value is -1.42. The Kier molecular flexibility index (Phi) is 23.9. The SMILES string of the molecule is CCC(C)C(NC(=O)OC(C)(C)C)C(=O)CCSCCCCCCCCCCSCCC(=O)C(NC(=O)OC(C)(C)C)C(C)CC. The predicted molar refractivity (Wildman–Crippen MR) is 196 cm³/mol. The second-order valence-electron chi connectivity index (χ2n) is 14.5. The van der Waals surface area contributed by atoms with Crippen LogP contribution in [0.1, 0.15) is 146 Å². The van der Waals surface area contributed by atoms with Crippen molar-refractivity contribution in [2.24, 2.45) is 11.8 Å². The Morgan fingerprint density at radius 2 is 0.848 bits per heavy atom. The first-order chi connectivity index (χ1) is 21.5. The molecular weight excluding hydrogens is 621 g/mol. The first kappa shape index (κ1) is 44.6. The molecule has 10 heteroatoms. The van der Waals surface area contributed by atoms with Gasteiger partial charge in [-0.05, 0) is 77.7 Å². The minimum atomic E-state index is -0.588. The lowest BCUT2D eigenvalue weighted by atomic mass is 9.94. The van der Waals surface area contributed by atoms with Crippen molar-refractivity contribution in [3.63, 3.8) is 0 Å². The number of alkyl carbamates (subject to hydrolysis) is 2. The number of thioether (sulfide) groups is 2. The predicted octanol–water partition coefficient (Wildman–Crippen LogP) is 9.37. The maximum Gasteiger partial charge on any atom is 0.408 e. The Labute approximate surface area is 290 Å². The van der Waals surface area contributed by atoms with Crippen molar-refractivity contribution in [2.75, 3.05) is 23.0 Å². The maximum atomic E-state index is 12.8. The van der Waals surface area contributed by atoms with E-state index in [-0.39, 0.29) is 23.4 Å². The molecule has 0 radical (unpaired) electrons. The fraction of sp³-hybridized carbons (Fsp3) is 0.889. The lowest BCUT2D eigenvalue weighted by Gasteiger charge is -2.26. The molecule has 2 amide bonds. The zero-order chi connectivity index (χ0) is 35.2. The molecule has 0 saturated heterocycles. The van der Waals surface area contributed by atoms with E-state index in [0.717, 1.165) is 35.9 Å². The molecule has 0 aromatic heterocycles. The molecule has 0 heterocycles. The molecule has 0 aliphatic carbocycles. The van der Waals surface area contributed by atoms with Gasteiger partial charge in [0, 0.05) is 24.3 Å². The Morgan fingerprint density at radius 3 is 1.13 bits per heavy atom. The van der Waals surface area contributed by atoms with Crippen molar-refractivity contribution in [1.29, 1.82) is 0 Å². The van der Waals surface area contributed by atoms with Gasteiger partial charge in [0.2, 0.25) is 0 Å². The third-order valence-electron chi connectivity index (χ3n) is 7.78. The van der Waals surface area contributed by atoms with Gasteiger partial charge in [0.1, 0.15) is 11.2 Å². The van der Waals surface area contributed by atoms with Gasteiger partial charge in [-0.3, -0.25) is 9.59 Å². The van der Waals surface area contributed by atoms with Crippen LogP contribution in [-0.2, 0) is 19.1 Å². The molecule has 0 aromatic rings. The Bertz CT molecular complexity index is 802. The average molecular weight is 689 g/mol. The number of amides is 2. The van der Waals surface area contributed by atoms with Gasteiger partial charge in [0.25, 0.3) is 0 Å². The van der Waals surface area contributed by atoms with Crippen molar-refractivity contribution >= 4 is 47.3 Å². The van der Waals surface area contributed by atoms with E-state index in [4.69, 9.17) is 9.47 Å². The van der Waals surface area contributed by atoms with E-state index in [1.807, 2.05) is 92.8 Å². The van der Waals surface area contributed by atoms with E-state index in [0.29, 0.717) is 12.8 Å². The molecule has 4 unspecified atom stereocenters. The van der Waals surface area contributed by atoms with E-state index in [1.54, 1.807) is 0 Å². The van der Waals surface area contributed by atoms with Crippen LogP contribution in [0.2, 0.25) is 0 Å². The topological polar surface area (TPSA) is 111 Å². The number of hydrogen-bond acceptors (Lipinski definition) is 8. The summed E-state index contributed by atoms with van der Waals surface area (Å²) in [4.78, 5) is 50.0. The van der Waals surface area contributed by atoms with E-state index in [1.165, 1.54) is 51.4 Å². The van der Waals surface area contributed by atoms with E-state index >= 15 is 0 Å². The summed E-state index contributed by atoms with van der Waals surface area (Å²) in [7, 11) is 0. The van der Waals surface area contributed by atoms with Crippen molar-refractivity contribution < 1.29 is 28.7 Å². The van der Waals surface area contributed by atoms with Crippen LogP contribution in [0, 0.1) is 11.8 Å². The normalized spacial score (nSPS) is 14.6. The molecule has 46 heavy (non-hydrogen) atoms. The van der Waals surface area contributed by atoms with Crippen LogP contribution in [0.4, 0.5) is 9.59 Å². The summed E-state index contributed by atoms with van der Waals surface area (Å²) in [5.41, 5.74) is -1.18. The first-order valence-corrected chi connectivity index (χ1v) is 20.0. The summed E-state index contributed by atoms with van der Waals surface area (Å²) < 4.78 is 10.7. The van der Waals surface area contributed by atoms with Crippen LogP contribution in [0.15, 0.2) is 0 Å². The highest BCUT2D eigenvalue weighted by atomic mass is 32.2. The molecule has 0 aliphatic heterocycles. The fourth-order valence-electron chi connectivity index (χ4n) is 4.75. The Morgan fingerprint density at radius 1 is 0.543 bits per heavy atom. The molecule has 8 nitrogen and oxygen atoms in total. The average Bonchev–Trinajstić information content (AvgIpc) is 2.95. The van der Waals surface area contributed by atoms with Crippen LogP contribution >= 0.6 is 23.5 Å². The second-order valence-corrected chi connectivity index (χ2v) is 17.0. The molecule has 0 aromatic carbocycles. The molecule has 0 rings (SSSR count). The summed E-state index contributed by atoms with van der Waals surface area (Å²) in [6.07, 6.45) is 11.3. The minimum absolute atomic E-state index is 0.0724. The van der Waals surface area contributed by atoms with Crippen molar-refractivity contribution in [3.8, 4) is 0 Å². The lowest BCUT2D eigenvalue weighted by Crippen LogP contribution is -2.47. The lowest BCUT2D eigenvalue weighted by molar-refractivity contribution is -0.122. The van der Waals surface area contributed by atoms with Crippen molar-refractivity contribution in [1.82, 2.24) is 10.6 Å². The summed E-state index contributed by atoms with van der Waals surface area (Å²) in [5, 5.41) is 5.60. The summed E-state index contributed by atoms with van der Waals surface area (Å²) in [6.45, 7) is 19.0. The number of unbranched alkanes of at least 4 members (excludes halogenated alkanes) is 7. The number of carbonyl (C=O) groups is 4. The maximum absolute atomic E-state index is 12.8. The standard InChI is InChI=1S/C36H68N2O6S2/c1-11-27(3)31(37-33(41)43-35(5,6)7)29(39)21-25-45-23-19-17-15-13-14-16-18-20-24-46-26-22-30(40)32(28(4)12-2)38-34(42)44-36(8,9)10/h27-28,31-32H,11-26H2,1-10H3,(H,37,41)(H,38,42). The monoisotopic (exact) mass is 688 g/mol. The summed E-state index contributed by atoms with van der Waals surface area (Å²) >= 11 is 3.65. The van der Waals surface area contributed by atoms with E-state index in [2.05, 4.69) is 10.6 Å². The van der Waals surface area contributed by atoms with Gasteiger partial charge in [0.15, 0.2) is 11.6 Å². The van der Waals surface area contributed by atoms with Crippen LogP contribution < -0.4 is 10.6 Å².